The second-order valence-corrected chi connectivity index (χ2v) is 19.5. The summed E-state index contributed by atoms with van der Waals surface area (Å²) in [5, 5.41) is 5.57. The van der Waals surface area contributed by atoms with E-state index in [1.807, 2.05) is 0 Å². The van der Waals surface area contributed by atoms with Crippen LogP contribution in [-0.4, -0.2) is 3.21 Å². The first-order chi connectivity index (χ1) is 27.3. The van der Waals surface area contributed by atoms with Crippen molar-refractivity contribution in [2.24, 2.45) is 11.3 Å². The van der Waals surface area contributed by atoms with Gasteiger partial charge in [0.05, 0.1) is 0 Å². The zero-order valence-corrected chi connectivity index (χ0v) is 40.3. The minimum atomic E-state index is -4.41. The van der Waals surface area contributed by atoms with Crippen LogP contribution in [0.1, 0.15) is 127 Å². The molecular weight excluding hydrogens is 901 g/mol. The summed E-state index contributed by atoms with van der Waals surface area (Å²) >= 11 is 0.898. The molecule has 9 heteroatoms. The van der Waals surface area contributed by atoms with Crippen molar-refractivity contribution in [1.29, 1.82) is 0 Å². The Kier molecular flexibility index (Phi) is 15.1. The molecule has 0 heterocycles. The second kappa shape index (κ2) is 18.4. The Morgan fingerprint density at radius 3 is 1.39 bits per heavy atom. The van der Waals surface area contributed by atoms with Crippen LogP contribution in [0.25, 0.3) is 32.7 Å². The number of allylic oxidation sites excluding steroid dienone is 8. The number of hydrogen-bond donors (Lipinski definition) is 0. The van der Waals surface area contributed by atoms with Gasteiger partial charge in [-0.25, -0.2) is 6.08 Å². The van der Waals surface area contributed by atoms with Crippen LogP contribution in [0, 0.1) is 17.4 Å². The van der Waals surface area contributed by atoms with Crippen LogP contribution in [0.4, 0.5) is 26.3 Å². The summed E-state index contributed by atoms with van der Waals surface area (Å²) in [6.07, 6.45) is 6.42. The van der Waals surface area contributed by atoms with Gasteiger partial charge in [-0.05, 0) is 36.1 Å². The molecule has 3 aliphatic rings. The first-order valence-corrected chi connectivity index (χ1v) is 21.4. The minimum absolute atomic E-state index is 0. The summed E-state index contributed by atoms with van der Waals surface area (Å²) in [7, 11) is 0. The van der Waals surface area contributed by atoms with E-state index in [2.05, 4.69) is 130 Å². The molecule has 0 aliphatic heterocycles. The Hall–Kier alpha value is -3.38. The third-order valence-corrected chi connectivity index (χ3v) is 13.1. The monoisotopic (exact) mass is 950 g/mol. The van der Waals surface area contributed by atoms with Gasteiger partial charge in [-0.1, -0.05) is 115 Å². The quantitative estimate of drug-likeness (QED) is 0.125. The molecule has 0 saturated carbocycles. The van der Waals surface area contributed by atoms with Crippen LogP contribution < -0.4 is 24.8 Å². The van der Waals surface area contributed by atoms with Gasteiger partial charge in [0.2, 0.25) is 0 Å². The third kappa shape index (κ3) is 10.9. The summed E-state index contributed by atoms with van der Waals surface area (Å²) in [6, 6.07) is 21.2. The van der Waals surface area contributed by atoms with Crippen molar-refractivity contribution >= 4 is 35.9 Å². The van der Waals surface area contributed by atoms with Gasteiger partial charge < -0.3 is 24.8 Å². The van der Waals surface area contributed by atoms with Gasteiger partial charge in [0.15, 0.2) is 0 Å². The zero-order chi connectivity index (χ0) is 43.5. The molecule has 61 heavy (non-hydrogen) atoms. The maximum absolute atomic E-state index is 12.5. The van der Waals surface area contributed by atoms with E-state index >= 15 is 0 Å². The summed E-state index contributed by atoms with van der Waals surface area (Å²) in [6.45, 7) is 22.8. The van der Waals surface area contributed by atoms with Crippen molar-refractivity contribution in [3.8, 4) is 0 Å². The molecule has 3 aliphatic carbocycles. The number of hydrogen-bond acceptors (Lipinski definition) is 0. The molecule has 0 saturated heterocycles. The Bertz CT molecular complexity index is 2380. The molecule has 5 aromatic rings. The van der Waals surface area contributed by atoms with E-state index in [0.717, 1.165) is 48.5 Å². The van der Waals surface area contributed by atoms with E-state index in [1.165, 1.54) is 97.6 Å². The van der Waals surface area contributed by atoms with E-state index in [0.29, 0.717) is 25.7 Å². The first kappa shape index (κ1) is 50.3. The molecular formula is C52H52Cl2F6Zr-2. The van der Waals surface area contributed by atoms with Crippen LogP contribution in [0.3, 0.4) is 0 Å². The molecule has 0 fully saturated rings. The van der Waals surface area contributed by atoms with Crippen LogP contribution >= 0.6 is 0 Å². The SMILES string of the molecule is CC1=CC(C)(C)c2cc3[cH-]c4cc5c(cc4c3cc21)C(C)=CC5(C)C.CCCC1[C-]=CC(C(C)(C)C)=C1.FC(F)(F)c1ccc([C](=[Zr+2])c2ccc(C(F)(F)F)cc2)cc1.[Cl-].[Cl-]. The number of rotatable bonds is 4. The summed E-state index contributed by atoms with van der Waals surface area (Å²) in [4.78, 5) is 0. The maximum atomic E-state index is 12.5. The van der Waals surface area contributed by atoms with Gasteiger partial charge in [0.1, 0.15) is 0 Å². The number of fused-ring (bicyclic) bond motifs is 5. The van der Waals surface area contributed by atoms with Gasteiger partial charge in [0, 0.05) is 10.8 Å². The summed E-state index contributed by atoms with van der Waals surface area (Å²) in [5.41, 5.74) is 10.3. The molecule has 8 rings (SSSR count). The normalized spacial score (nSPS) is 17.1. The van der Waals surface area contributed by atoms with Crippen molar-refractivity contribution in [2.75, 3.05) is 0 Å². The minimum Gasteiger partial charge on any atom is -1.00 e. The van der Waals surface area contributed by atoms with Gasteiger partial charge in [-0.2, -0.15) is 11.6 Å². The van der Waals surface area contributed by atoms with E-state index < -0.39 is 23.5 Å². The average Bonchev–Trinajstić information content (AvgIpc) is 3.88. The van der Waals surface area contributed by atoms with Crippen molar-refractivity contribution in [3.63, 3.8) is 0 Å². The fraction of sp³-hybridized carbons (Fsp3) is 0.346. The number of halogens is 8. The Labute approximate surface area is 384 Å². The van der Waals surface area contributed by atoms with Gasteiger partial charge in [-0.3, -0.25) is 6.08 Å². The number of alkyl halides is 6. The van der Waals surface area contributed by atoms with Crippen molar-refractivity contribution < 1.29 is 75.4 Å². The molecule has 0 N–H and O–H groups in total. The van der Waals surface area contributed by atoms with E-state index in [9.17, 15) is 26.3 Å². The predicted octanol–water partition coefficient (Wildman–Crippen LogP) is 9.70. The molecule has 322 valence electrons. The van der Waals surface area contributed by atoms with Gasteiger partial charge in [0.25, 0.3) is 0 Å². The first-order valence-electron chi connectivity index (χ1n) is 20.2. The van der Waals surface area contributed by atoms with Crippen molar-refractivity contribution in [2.45, 2.75) is 105 Å². The molecule has 0 amide bonds. The Morgan fingerprint density at radius 1 is 0.672 bits per heavy atom. The fourth-order valence-electron chi connectivity index (χ4n) is 8.49. The van der Waals surface area contributed by atoms with Gasteiger partial charge in [-0.15, -0.1) is 39.7 Å². The molecule has 0 radical (unpaired) electrons. The van der Waals surface area contributed by atoms with Crippen molar-refractivity contribution in [3.05, 3.63) is 159 Å². The Morgan fingerprint density at radius 2 is 1.07 bits per heavy atom. The average molecular weight is 953 g/mol. The molecule has 1 unspecified atom stereocenters. The molecule has 0 aromatic heterocycles. The predicted molar refractivity (Wildman–Crippen MR) is 230 cm³/mol. The standard InChI is InChI=1S/C25H25.C15H8F6.C12H19.2ClH.Zr/c1-14-12-24(3,4)22-8-16-7-17-9-23-19(15(2)13-25(23,5)6)11-21(17)20(16)10-18(14)22;16-14(17,18)12-5-1-10(2-6-12)9-11-3-7-13(8-4-11)15(19,20)21;1-5-6-10-7-8-11(9-10)12(2,3)4;;;/h7-13H,1-6H3;1-8H;8-10H,5-6H2,1-4H3;2*1H;/q-1;;-1;;;+2/p-2. The Balaban J connectivity index is 0.000000210. The number of benzene rings is 4. The van der Waals surface area contributed by atoms with Crippen molar-refractivity contribution in [1.82, 2.24) is 0 Å². The van der Waals surface area contributed by atoms with Crippen LogP contribution in [0.5, 0.6) is 0 Å². The molecule has 0 bridgehead atoms. The molecule has 0 nitrogen and oxygen atoms in total. The van der Waals surface area contributed by atoms with E-state index in [4.69, 9.17) is 0 Å². The van der Waals surface area contributed by atoms with Crippen LogP contribution in [0.2, 0.25) is 0 Å². The second-order valence-electron chi connectivity index (χ2n) is 18.3. The topological polar surface area (TPSA) is 0 Å². The van der Waals surface area contributed by atoms with Gasteiger partial charge >= 0.3 is 137 Å². The molecule has 5 aromatic carbocycles. The largest absolute Gasteiger partial charge is 1.00 e. The third-order valence-electron chi connectivity index (χ3n) is 11.7. The maximum Gasteiger partial charge on any atom is -1.00 e. The molecule has 0 spiro atoms. The summed E-state index contributed by atoms with van der Waals surface area (Å²) < 4.78 is 75.6. The van der Waals surface area contributed by atoms with E-state index in [1.54, 1.807) is 0 Å². The van der Waals surface area contributed by atoms with Crippen LogP contribution in [0.15, 0.2) is 109 Å². The zero-order valence-electron chi connectivity index (χ0n) is 36.3. The van der Waals surface area contributed by atoms with Crippen LogP contribution in [-0.2, 0) is 47.4 Å². The fourth-order valence-corrected chi connectivity index (χ4v) is 9.31. The molecule has 1 atom stereocenters. The summed E-state index contributed by atoms with van der Waals surface area (Å²) in [5.74, 6) is 0.587. The van der Waals surface area contributed by atoms with E-state index in [-0.39, 0.29) is 35.6 Å². The smallest absolute Gasteiger partial charge is 1.00 e.